The largest absolute Gasteiger partial charge is 0.490 e. The average Bonchev–Trinajstić information content (AvgIpc) is 2.88. The van der Waals surface area contributed by atoms with Gasteiger partial charge in [-0.2, -0.15) is 0 Å². The maximum absolute atomic E-state index is 12.6. The molecule has 35 heavy (non-hydrogen) atoms. The van der Waals surface area contributed by atoms with Crippen molar-refractivity contribution in [1.29, 1.82) is 0 Å². The fraction of sp³-hybridized carbons (Fsp3) is 0.286. The standard InChI is InChI=1S/C28H32N2O5/c1-3-33-25-15-14-21(18-26(25)34-4-2)16-17-29-27(31)20-35-24-13-9-8-12-23(24)28(32)30-19-22-10-6-5-7-11-22/h5-15,18H,3-4,16-17,19-20H2,1-2H3,(H,29,31)(H,30,32). The first kappa shape index (κ1) is 25.6. The van der Waals surface area contributed by atoms with Crippen LogP contribution in [0.4, 0.5) is 0 Å². The van der Waals surface area contributed by atoms with E-state index in [-0.39, 0.29) is 18.4 Å². The molecule has 2 amide bonds. The Morgan fingerprint density at radius 1 is 0.714 bits per heavy atom. The topological polar surface area (TPSA) is 85.9 Å². The summed E-state index contributed by atoms with van der Waals surface area (Å²) in [4.78, 5) is 25.0. The van der Waals surface area contributed by atoms with Gasteiger partial charge in [-0.25, -0.2) is 0 Å². The van der Waals surface area contributed by atoms with Gasteiger partial charge >= 0.3 is 0 Å². The number of benzene rings is 3. The van der Waals surface area contributed by atoms with Crippen molar-refractivity contribution in [2.75, 3.05) is 26.4 Å². The molecule has 0 unspecified atom stereocenters. The van der Waals surface area contributed by atoms with Crippen molar-refractivity contribution >= 4 is 11.8 Å². The van der Waals surface area contributed by atoms with Gasteiger partial charge in [0.1, 0.15) is 5.75 Å². The third-order valence-electron chi connectivity index (χ3n) is 5.13. The SMILES string of the molecule is CCOc1ccc(CCNC(=O)COc2ccccc2C(=O)NCc2ccccc2)cc1OCC. The zero-order chi connectivity index (χ0) is 24.9. The summed E-state index contributed by atoms with van der Waals surface area (Å²) in [6.45, 7) is 5.63. The first-order chi connectivity index (χ1) is 17.1. The first-order valence-electron chi connectivity index (χ1n) is 11.8. The normalized spacial score (nSPS) is 10.3. The summed E-state index contributed by atoms with van der Waals surface area (Å²) in [6, 6.07) is 22.3. The van der Waals surface area contributed by atoms with Gasteiger partial charge in [0.15, 0.2) is 18.1 Å². The smallest absolute Gasteiger partial charge is 0.257 e. The predicted molar refractivity (Wildman–Crippen MR) is 135 cm³/mol. The molecule has 0 aliphatic rings. The van der Waals surface area contributed by atoms with Crippen LogP contribution in [0.1, 0.15) is 35.3 Å². The highest BCUT2D eigenvalue weighted by atomic mass is 16.5. The van der Waals surface area contributed by atoms with Crippen LogP contribution in [-0.4, -0.2) is 38.2 Å². The molecule has 7 heteroatoms. The molecule has 3 aromatic rings. The van der Waals surface area contributed by atoms with Crippen LogP contribution in [0.3, 0.4) is 0 Å². The first-order valence-corrected chi connectivity index (χ1v) is 11.8. The van der Waals surface area contributed by atoms with Crippen molar-refractivity contribution in [1.82, 2.24) is 10.6 Å². The van der Waals surface area contributed by atoms with Gasteiger partial charge in [0.25, 0.3) is 11.8 Å². The molecule has 0 heterocycles. The van der Waals surface area contributed by atoms with Crippen molar-refractivity contribution in [3.8, 4) is 17.2 Å². The number of carbonyl (C=O) groups is 2. The minimum absolute atomic E-state index is 0.184. The van der Waals surface area contributed by atoms with Crippen molar-refractivity contribution in [2.24, 2.45) is 0 Å². The van der Waals surface area contributed by atoms with E-state index in [0.29, 0.717) is 55.5 Å². The lowest BCUT2D eigenvalue weighted by molar-refractivity contribution is -0.123. The Kier molecular flexibility index (Phi) is 9.99. The summed E-state index contributed by atoms with van der Waals surface area (Å²) < 4.78 is 16.9. The molecular formula is C28H32N2O5. The number of hydrogen-bond donors (Lipinski definition) is 2. The summed E-state index contributed by atoms with van der Waals surface area (Å²) >= 11 is 0. The molecule has 0 bridgehead atoms. The highest BCUT2D eigenvalue weighted by molar-refractivity contribution is 5.97. The number of hydrogen-bond acceptors (Lipinski definition) is 5. The Labute approximate surface area is 206 Å². The van der Waals surface area contributed by atoms with Crippen molar-refractivity contribution in [2.45, 2.75) is 26.8 Å². The van der Waals surface area contributed by atoms with Gasteiger partial charge in [-0.3, -0.25) is 9.59 Å². The lowest BCUT2D eigenvalue weighted by Crippen LogP contribution is -2.31. The van der Waals surface area contributed by atoms with E-state index in [9.17, 15) is 9.59 Å². The molecule has 0 atom stereocenters. The Balaban J connectivity index is 1.48. The summed E-state index contributed by atoms with van der Waals surface area (Å²) in [6.07, 6.45) is 0.636. The number of amides is 2. The summed E-state index contributed by atoms with van der Waals surface area (Å²) in [7, 11) is 0. The van der Waals surface area contributed by atoms with Crippen LogP contribution in [0.2, 0.25) is 0 Å². The van der Waals surface area contributed by atoms with Gasteiger partial charge in [0.05, 0.1) is 18.8 Å². The van der Waals surface area contributed by atoms with Gasteiger partial charge in [-0.1, -0.05) is 48.5 Å². The molecule has 0 saturated carbocycles. The number of carbonyl (C=O) groups excluding carboxylic acids is 2. The highest BCUT2D eigenvalue weighted by Crippen LogP contribution is 2.28. The molecular weight excluding hydrogens is 444 g/mol. The van der Waals surface area contributed by atoms with Gasteiger partial charge in [-0.05, 0) is 55.7 Å². The summed E-state index contributed by atoms with van der Waals surface area (Å²) in [5.41, 5.74) is 2.41. The van der Waals surface area contributed by atoms with Crippen LogP contribution in [0.25, 0.3) is 0 Å². The van der Waals surface area contributed by atoms with Crippen molar-refractivity contribution in [3.63, 3.8) is 0 Å². The van der Waals surface area contributed by atoms with Gasteiger partial charge in [0, 0.05) is 13.1 Å². The zero-order valence-electron chi connectivity index (χ0n) is 20.2. The molecule has 0 aromatic heterocycles. The molecule has 7 nitrogen and oxygen atoms in total. The van der Waals surface area contributed by atoms with E-state index >= 15 is 0 Å². The molecule has 3 aromatic carbocycles. The van der Waals surface area contributed by atoms with Gasteiger partial charge in [-0.15, -0.1) is 0 Å². The predicted octanol–water partition coefficient (Wildman–Crippen LogP) is 4.15. The fourth-order valence-corrected chi connectivity index (χ4v) is 3.45. The number of ether oxygens (including phenoxy) is 3. The van der Waals surface area contributed by atoms with Crippen LogP contribution >= 0.6 is 0 Å². The van der Waals surface area contributed by atoms with E-state index in [2.05, 4.69) is 10.6 Å². The molecule has 0 saturated heterocycles. The van der Waals surface area contributed by atoms with Crippen LogP contribution in [-0.2, 0) is 17.8 Å². The minimum Gasteiger partial charge on any atom is -0.490 e. The highest BCUT2D eigenvalue weighted by Gasteiger charge is 2.13. The second kappa shape index (κ2) is 13.6. The lowest BCUT2D eigenvalue weighted by atomic mass is 10.1. The van der Waals surface area contributed by atoms with E-state index in [0.717, 1.165) is 11.1 Å². The van der Waals surface area contributed by atoms with Crippen molar-refractivity contribution in [3.05, 3.63) is 89.5 Å². The summed E-state index contributed by atoms with van der Waals surface area (Å²) in [5.74, 6) is 1.25. The van der Waals surface area contributed by atoms with Crippen LogP contribution in [0.15, 0.2) is 72.8 Å². The average molecular weight is 477 g/mol. The Morgan fingerprint density at radius 2 is 1.43 bits per heavy atom. The monoisotopic (exact) mass is 476 g/mol. The van der Waals surface area contributed by atoms with Gasteiger partial charge < -0.3 is 24.8 Å². The minimum atomic E-state index is -0.263. The maximum atomic E-state index is 12.6. The van der Waals surface area contributed by atoms with Crippen LogP contribution in [0, 0.1) is 0 Å². The number of nitrogens with one attached hydrogen (secondary N) is 2. The second-order valence-corrected chi connectivity index (χ2v) is 7.70. The molecule has 184 valence electrons. The molecule has 0 aliphatic heterocycles. The van der Waals surface area contributed by atoms with Crippen LogP contribution in [0.5, 0.6) is 17.2 Å². The van der Waals surface area contributed by atoms with E-state index in [4.69, 9.17) is 14.2 Å². The molecule has 0 radical (unpaired) electrons. The Morgan fingerprint density at radius 3 is 2.20 bits per heavy atom. The van der Waals surface area contributed by atoms with E-state index in [1.54, 1.807) is 24.3 Å². The summed E-state index contributed by atoms with van der Waals surface area (Å²) in [5, 5.41) is 5.73. The zero-order valence-corrected chi connectivity index (χ0v) is 20.2. The van der Waals surface area contributed by atoms with Gasteiger partial charge in [0.2, 0.25) is 0 Å². The quantitative estimate of drug-likeness (QED) is 0.387. The van der Waals surface area contributed by atoms with E-state index < -0.39 is 0 Å². The molecule has 0 spiro atoms. The third-order valence-corrected chi connectivity index (χ3v) is 5.13. The molecule has 2 N–H and O–H groups in total. The Hall–Kier alpha value is -4.00. The lowest BCUT2D eigenvalue weighted by Gasteiger charge is -2.13. The molecule has 0 aliphatic carbocycles. The third kappa shape index (κ3) is 8.07. The maximum Gasteiger partial charge on any atom is 0.257 e. The molecule has 3 rings (SSSR count). The van der Waals surface area contributed by atoms with E-state index in [1.807, 2.05) is 62.4 Å². The van der Waals surface area contributed by atoms with E-state index in [1.165, 1.54) is 0 Å². The Bertz CT molecular complexity index is 1100. The second-order valence-electron chi connectivity index (χ2n) is 7.70. The number of rotatable bonds is 13. The molecule has 0 fully saturated rings. The van der Waals surface area contributed by atoms with Crippen LogP contribution < -0.4 is 24.8 Å². The fourth-order valence-electron chi connectivity index (χ4n) is 3.45. The van der Waals surface area contributed by atoms with Crippen molar-refractivity contribution < 1.29 is 23.8 Å². The number of para-hydroxylation sites is 1.